The van der Waals surface area contributed by atoms with Crippen molar-refractivity contribution in [2.75, 3.05) is 32.1 Å². The largest absolute Gasteiger partial charge is 0.355 e. The molecular weight excluding hydrogens is 338 g/mol. The Labute approximate surface area is 149 Å². The van der Waals surface area contributed by atoms with Crippen LogP contribution in [0.1, 0.15) is 12.7 Å². The first-order chi connectivity index (χ1) is 11.9. The minimum absolute atomic E-state index is 0.0925. The molecule has 0 spiro atoms. The van der Waals surface area contributed by atoms with Gasteiger partial charge in [-0.1, -0.05) is 37.3 Å². The summed E-state index contributed by atoms with van der Waals surface area (Å²) in [6, 6.07) is 9.99. The van der Waals surface area contributed by atoms with Crippen LogP contribution in [0, 0.1) is 0 Å². The predicted molar refractivity (Wildman–Crippen MR) is 101 cm³/mol. The topological polar surface area (TPSA) is 90.4 Å². The number of aromatic amines is 1. The second-order valence-electron chi connectivity index (χ2n) is 5.68. The van der Waals surface area contributed by atoms with Gasteiger partial charge in [-0.05, 0) is 5.56 Å². The number of hydrogen-bond acceptors (Lipinski definition) is 4. The van der Waals surface area contributed by atoms with E-state index >= 15 is 0 Å². The Morgan fingerprint density at radius 2 is 2.04 bits per heavy atom. The van der Waals surface area contributed by atoms with Crippen LogP contribution in [0.4, 0.5) is 0 Å². The normalized spacial score (nSPS) is 12.2. The fraction of sp³-hybridized carbons (Fsp3) is 0.412. The van der Waals surface area contributed by atoms with Gasteiger partial charge in [-0.15, -0.1) is 0 Å². The SMILES string of the molecule is CCS(=O)(=O)CCNC(=NC)N(C)Cc1ncc(-c2ccccc2)[nH]1. The summed E-state index contributed by atoms with van der Waals surface area (Å²) in [5.74, 6) is 1.68. The molecule has 25 heavy (non-hydrogen) atoms. The van der Waals surface area contributed by atoms with Crippen molar-refractivity contribution in [3.8, 4) is 11.3 Å². The molecule has 0 saturated carbocycles. The molecule has 1 aromatic heterocycles. The molecule has 7 nitrogen and oxygen atoms in total. The van der Waals surface area contributed by atoms with Crippen LogP contribution in [0.15, 0.2) is 41.5 Å². The van der Waals surface area contributed by atoms with Crippen molar-refractivity contribution >= 4 is 15.8 Å². The smallest absolute Gasteiger partial charge is 0.193 e. The lowest BCUT2D eigenvalue weighted by Crippen LogP contribution is -2.40. The van der Waals surface area contributed by atoms with Gasteiger partial charge in [-0.3, -0.25) is 4.99 Å². The van der Waals surface area contributed by atoms with Crippen molar-refractivity contribution < 1.29 is 8.42 Å². The van der Waals surface area contributed by atoms with Crippen LogP contribution in [0.3, 0.4) is 0 Å². The number of imidazole rings is 1. The summed E-state index contributed by atoms with van der Waals surface area (Å²) in [7, 11) is 0.565. The van der Waals surface area contributed by atoms with E-state index in [0.717, 1.165) is 17.1 Å². The first kappa shape index (κ1) is 19.0. The highest BCUT2D eigenvalue weighted by molar-refractivity contribution is 7.91. The number of rotatable bonds is 7. The maximum Gasteiger partial charge on any atom is 0.193 e. The molecule has 0 unspecified atom stereocenters. The van der Waals surface area contributed by atoms with E-state index in [1.54, 1.807) is 14.0 Å². The number of benzene rings is 1. The zero-order chi connectivity index (χ0) is 18.3. The van der Waals surface area contributed by atoms with Gasteiger partial charge in [0.2, 0.25) is 0 Å². The summed E-state index contributed by atoms with van der Waals surface area (Å²) in [6.45, 7) is 2.52. The minimum atomic E-state index is -2.99. The van der Waals surface area contributed by atoms with Gasteiger partial charge in [0.15, 0.2) is 15.8 Å². The third-order valence-corrected chi connectivity index (χ3v) is 5.52. The Hall–Kier alpha value is -2.35. The molecule has 0 aliphatic carbocycles. The molecule has 0 aliphatic rings. The maximum absolute atomic E-state index is 11.6. The van der Waals surface area contributed by atoms with Crippen molar-refractivity contribution in [1.82, 2.24) is 20.2 Å². The Bertz CT molecular complexity index is 799. The summed E-state index contributed by atoms with van der Waals surface area (Å²) in [5, 5.41) is 3.07. The van der Waals surface area contributed by atoms with Crippen molar-refractivity contribution in [3.63, 3.8) is 0 Å². The predicted octanol–water partition coefficient (Wildman–Crippen LogP) is 1.52. The van der Waals surface area contributed by atoms with E-state index in [0.29, 0.717) is 19.0 Å². The lowest BCUT2D eigenvalue weighted by Gasteiger charge is -2.21. The van der Waals surface area contributed by atoms with E-state index in [2.05, 4.69) is 20.3 Å². The van der Waals surface area contributed by atoms with Gasteiger partial charge in [-0.25, -0.2) is 13.4 Å². The molecule has 8 heteroatoms. The molecule has 2 aromatic rings. The molecule has 0 atom stereocenters. The van der Waals surface area contributed by atoms with Gasteiger partial charge in [0.25, 0.3) is 0 Å². The van der Waals surface area contributed by atoms with Crippen molar-refractivity contribution in [1.29, 1.82) is 0 Å². The first-order valence-electron chi connectivity index (χ1n) is 8.16. The monoisotopic (exact) mass is 363 g/mol. The van der Waals surface area contributed by atoms with Crippen LogP contribution in [-0.4, -0.2) is 61.4 Å². The highest BCUT2D eigenvalue weighted by Crippen LogP contribution is 2.16. The molecule has 0 amide bonds. The molecule has 0 fully saturated rings. The third-order valence-electron chi connectivity index (χ3n) is 3.81. The van der Waals surface area contributed by atoms with Crippen LogP contribution in [0.25, 0.3) is 11.3 Å². The number of guanidine groups is 1. The Kier molecular flexibility index (Phi) is 6.58. The summed E-state index contributed by atoms with van der Waals surface area (Å²) in [6.07, 6.45) is 1.81. The van der Waals surface area contributed by atoms with Crippen LogP contribution < -0.4 is 5.32 Å². The minimum Gasteiger partial charge on any atom is -0.355 e. The number of aliphatic imine (C=N–C) groups is 1. The molecule has 2 N–H and O–H groups in total. The van der Waals surface area contributed by atoms with E-state index in [1.807, 2.05) is 48.5 Å². The average molecular weight is 363 g/mol. The molecule has 1 aromatic carbocycles. The van der Waals surface area contributed by atoms with Gasteiger partial charge in [0, 0.05) is 26.4 Å². The van der Waals surface area contributed by atoms with Gasteiger partial charge < -0.3 is 15.2 Å². The molecule has 0 radical (unpaired) electrons. The molecule has 0 saturated heterocycles. The Balaban J connectivity index is 1.94. The average Bonchev–Trinajstić information content (AvgIpc) is 3.08. The number of nitrogens with one attached hydrogen (secondary N) is 2. The van der Waals surface area contributed by atoms with Crippen LogP contribution in [0.5, 0.6) is 0 Å². The summed E-state index contributed by atoms with van der Waals surface area (Å²) < 4.78 is 23.1. The molecule has 136 valence electrons. The second-order valence-corrected chi connectivity index (χ2v) is 8.15. The zero-order valence-electron chi connectivity index (χ0n) is 14.9. The summed E-state index contributed by atoms with van der Waals surface area (Å²) in [4.78, 5) is 13.8. The lowest BCUT2D eigenvalue weighted by molar-refractivity contribution is 0.466. The molecule has 2 rings (SSSR count). The number of hydrogen-bond donors (Lipinski definition) is 2. The molecule has 0 bridgehead atoms. The third kappa shape index (κ3) is 5.60. The number of sulfone groups is 1. The van der Waals surface area contributed by atoms with Gasteiger partial charge in [-0.2, -0.15) is 0 Å². The van der Waals surface area contributed by atoms with Gasteiger partial charge >= 0.3 is 0 Å². The fourth-order valence-corrected chi connectivity index (χ4v) is 3.06. The Morgan fingerprint density at radius 3 is 2.68 bits per heavy atom. The number of aromatic nitrogens is 2. The highest BCUT2D eigenvalue weighted by Gasteiger charge is 2.12. The second kappa shape index (κ2) is 8.66. The van der Waals surface area contributed by atoms with Gasteiger partial charge in [0.05, 0.1) is 24.2 Å². The van der Waals surface area contributed by atoms with E-state index in [1.165, 1.54) is 0 Å². The van der Waals surface area contributed by atoms with Crippen LogP contribution in [0.2, 0.25) is 0 Å². The summed E-state index contributed by atoms with van der Waals surface area (Å²) >= 11 is 0. The van der Waals surface area contributed by atoms with E-state index in [4.69, 9.17) is 0 Å². The zero-order valence-corrected chi connectivity index (χ0v) is 15.7. The molecular formula is C17H25N5O2S. The molecule has 0 aliphatic heterocycles. The van der Waals surface area contributed by atoms with Gasteiger partial charge in [0.1, 0.15) is 5.82 Å². The van der Waals surface area contributed by atoms with Crippen LogP contribution >= 0.6 is 0 Å². The number of H-pyrrole nitrogens is 1. The standard InChI is InChI=1S/C17H25N5O2S/c1-4-25(23,24)11-10-19-17(18-2)22(3)13-16-20-12-15(21-16)14-8-6-5-7-9-14/h5-9,12H,4,10-11,13H2,1-3H3,(H,18,19)(H,20,21). The van der Waals surface area contributed by atoms with E-state index in [9.17, 15) is 8.42 Å². The van der Waals surface area contributed by atoms with E-state index in [-0.39, 0.29) is 11.5 Å². The lowest BCUT2D eigenvalue weighted by atomic mass is 10.2. The first-order valence-corrected chi connectivity index (χ1v) is 9.99. The number of nitrogens with zero attached hydrogens (tertiary/aromatic N) is 3. The molecule has 1 heterocycles. The maximum atomic E-state index is 11.6. The quantitative estimate of drug-likeness (QED) is 0.575. The van der Waals surface area contributed by atoms with Crippen molar-refractivity contribution in [2.45, 2.75) is 13.5 Å². The highest BCUT2D eigenvalue weighted by atomic mass is 32.2. The fourth-order valence-electron chi connectivity index (χ4n) is 2.35. The van der Waals surface area contributed by atoms with E-state index < -0.39 is 9.84 Å². The van der Waals surface area contributed by atoms with Crippen molar-refractivity contribution in [2.24, 2.45) is 4.99 Å². The van der Waals surface area contributed by atoms with Crippen molar-refractivity contribution in [3.05, 3.63) is 42.4 Å². The summed E-state index contributed by atoms with van der Waals surface area (Å²) in [5.41, 5.74) is 2.04. The van der Waals surface area contributed by atoms with Crippen LogP contribution in [-0.2, 0) is 16.4 Å². The Morgan fingerprint density at radius 1 is 1.32 bits per heavy atom.